The molecule has 6 nitrogen and oxygen atoms in total. The van der Waals surface area contributed by atoms with Gasteiger partial charge in [-0.3, -0.25) is 9.59 Å². The summed E-state index contributed by atoms with van der Waals surface area (Å²) in [5.41, 5.74) is -0.677. The van der Waals surface area contributed by atoms with Crippen molar-refractivity contribution in [3.63, 3.8) is 0 Å². The van der Waals surface area contributed by atoms with Crippen LogP contribution >= 0.6 is 11.6 Å². The third kappa shape index (κ3) is 4.62. The van der Waals surface area contributed by atoms with Crippen LogP contribution in [-0.4, -0.2) is 51.9 Å². The molecule has 2 aromatic rings. The second-order valence-electron chi connectivity index (χ2n) is 9.29. The Kier molecular flexibility index (Phi) is 6.83. The molecule has 0 aliphatic carbocycles. The molecule has 0 atom stereocenters. The molecule has 4 rings (SSSR count). The largest absolute Gasteiger partial charge is 0.489 e. The van der Waals surface area contributed by atoms with Gasteiger partial charge in [-0.05, 0) is 57.0 Å². The van der Waals surface area contributed by atoms with Crippen LogP contribution in [0.3, 0.4) is 0 Å². The van der Waals surface area contributed by atoms with Crippen LogP contribution in [0.2, 0.25) is 5.02 Å². The molecule has 0 radical (unpaired) electrons. The number of hydrogen-bond acceptors (Lipinski definition) is 3. The fourth-order valence-electron chi connectivity index (χ4n) is 5.24. The van der Waals surface area contributed by atoms with E-state index in [0.29, 0.717) is 48.0 Å². The molecule has 35 heavy (non-hydrogen) atoms. The van der Waals surface area contributed by atoms with E-state index in [4.69, 9.17) is 16.3 Å². The van der Waals surface area contributed by atoms with Crippen LogP contribution in [-0.2, 0) is 23.1 Å². The van der Waals surface area contributed by atoms with Crippen LogP contribution in [0.4, 0.5) is 13.2 Å². The van der Waals surface area contributed by atoms with Crippen molar-refractivity contribution in [1.29, 1.82) is 0 Å². The average Bonchev–Trinajstić information content (AvgIpc) is 3.26. The SMILES string of the molecule is CCC(=O)N1CCn2c(C(F)(F)F)ccc2C12CCN(C(=O)c1ccc(OC(C)C)c(Cl)c1)CC2. The summed E-state index contributed by atoms with van der Waals surface area (Å²) in [6.45, 7) is 6.42. The lowest BCUT2D eigenvalue weighted by Crippen LogP contribution is -2.59. The van der Waals surface area contributed by atoms with Crippen LogP contribution < -0.4 is 4.74 Å². The minimum Gasteiger partial charge on any atom is -0.489 e. The van der Waals surface area contributed by atoms with E-state index in [-0.39, 0.29) is 37.4 Å². The summed E-state index contributed by atoms with van der Waals surface area (Å²) in [6, 6.07) is 7.47. The van der Waals surface area contributed by atoms with Gasteiger partial charge in [0.25, 0.3) is 5.91 Å². The molecule has 1 spiro atoms. The normalized spacial score (nSPS) is 17.6. The third-order valence-corrected chi connectivity index (χ3v) is 7.13. The average molecular weight is 512 g/mol. The fraction of sp³-hybridized carbons (Fsp3) is 0.520. The Hall–Kier alpha value is -2.68. The molecule has 2 aliphatic rings. The Morgan fingerprint density at radius 1 is 1.09 bits per heavy atom. The first-order valence-electron chi connectivity index (χ1n) is 11.8. The van der Waals surface area contributed by atoms with Gasteiger partial charge in [0.1, 0.15) is 11.4 Å². The summed E-state index contributed by atoms with van der Waals surface area (Å²) in [4.78, 5) is 29.4. The fourth-order valence-corrected chi connectivity index (χ4v) is 5.47. The van der Waals surface area contributed by atoms with E-state index in [1.807, 2.05) is 13.8 Å². The molecule has 1 fully saturated rings. The summed E-state index contributed by atoms with van der Waals surface area (Å²) in [6.07, 6.45) is -3.56. The van der Waals surface area contributed by atoms with E-state index in [0.717, 1.165) is 6.07 Å². The number of likely N-dealkylation sites (tertiary alicyclic amines) is 1. The monoisotopic (exact) mass is 511 g/mol. The van der Waals surface area contributed by atoms with Gasteiger partial charge >= 0.3 is 6.18 Å². The molecule has 3 heterocycles. The summed E-state index contributed by atoms with van der Waals surface area (Å²) < 4.78 is 47.7. The molecule has 190 valence electrons. The number of carbonyl (C=O) groups excluding carboxylic acids is 2. The van der Waals surface area contributed by atoms with E-state index < -0.39 is 17.4 Å². The quantitative estimate of drug-likeness (QED) is 0.557. The van der Waals surface area contributed by atoms with Crippen LogP contribution in [0.1, 0.15) is 61.8 Å². The van der Waals surface area contributed by atoms with Gasteiger partial charge < -0.3 is 19.1 Å². The molecule has 0 saturated carbocycles. The first kappa shape index (κ1) is 25.4. The van der Waals surface area contributed by atoms with Crippen molar-refractivity contribution >= 4 is 23.4 Å². The van der Waals surface area contributed by atoms with E-state index in [2.05, 4.69) is 0 Å². The van der Waals surface area contributed by atoms with Crippen molar-refractivity contribution in [2.24, 2.45) is 0 Å². The highest BCUT2D eigenvalue weighted by molar-refractivity contribution is 6.32. The standard InChI is InChI=1S/C25H29ClF3N3O3/c1-4-22(33)32-14-13-31-20(7-8-21(31)25(27,28)29)24(32)9-11-30(12-10-24)23(34)17-5-6-19(18(26)15-17)35-16(2)3/h5-8,15-16H,4,9-14H2,1-3H3. The van der Waals surface area contributed by atoms with Crippen molar-refractivity contribution in [3.05, 3.63) is 52.3 Å². The van der Waals surface area contributed by atoms with Gasteiger partial charge in [-0.2, -0.15) is 13.2 Å². The molecule has 1 aromatic carbocycles. The number of hydrogen-bond donors (Lipinski definition) is 0. The maximum Gasteiger partial charge on any atom is 0.431 e. The molecule has 1 aromatic heterocycles. The highest BCUT2D eigenvalue weighted by atomic mass is 35.5. The summed E-state index contributed by atoms with van der Waals surface area (Å²) in [7, 11) is 0. The lowest BCUT2D eigenvalue weighted by atomic mass is 9.80. The summed E-state index contributed by atoms with van der Waals surface area (Å²) >= 11 is 6.30. The lowest BCUT2D eigenvalue weighted by molar-refractivity contribution is -0.148. The number of ether oxygens (including phenoxy) is 1. The van der Waals surface area contributed by atoms with Crippen molar-refractivity contribution in [1.82, 2.24) is 14.4 Å². The Bertz CT molecular complexity index is 1120. The summed E-state index contributed by atoms with van der Waals surface area (Å²) in [5, 5.41) is 0.336. The number of halogens is 4. The van der Waals surface area contributed by atoms with E-state index in [1.54, 1.807) is 34.9 Å². The van der Waals surface area contributed by atoms with Gasteiger partial charge in [-0.15, -0.1) is 0 Å². The maximum absolute atomic E-state index is 13.6. The number of benzene rings is 1. The molecular formula is C25H29ClF3N3O3. The van der Waals surface area contributed by atoms with Gasteiger partial charge in [0.15, 0.2) is 0 Å². The second kappa shape index (κ2) is 9.41. The molecular weight excluding hydrogens is 483 g/mol. The van der Waals surface area contributed by atoms with Gasteiger partial charge in [0, 0.05) is 43.9 Å². The van der Waals surface area contributed by atoms with E-state index >= 15 is 0 Å². The Labute approximate surface area is 207 Å². The van der Waals surface area contributed by atoms with Crippen molar-refractivity contribution < 1.29 is 27.5 Å². The highest BCUT2D eigenvalue weighted by Crippen LogP contribution is 2.45. The van der Waals surface area contributed by atoms with Gasteiger partial charge in [-0.1, -0.05) is 18.5 Å². The summed E-state index contributed by atoms with van der Waals surface area (Å²) in [5.74, 6) is 0.180. The third-order valence-electron chi connectivity index (χ3n) is 6.83. The first-order chi connectivity index (χ1) is 16.5. The molecule has 0 bridgehead atoms. The number of rotatable bonds is 4. The maximum atomic E-state index is 13.6. The Morgan fingerprint density at radius 2 is 1.77 bits per heavy atom. The van der Waals surface area contributed by atoms with Crippen LogP contribution in [0.15, 0.2) is 30.3 Å². The zero-order valence-electron chi connectivity index (χ0n) is 20.0. The molecule has 2 aliphatic heterocycles. The number of piperidine rings is 1. The zero-order valence-corrected chi connectivity index (χ0v) is 20.7. The first-order valence-corrected chi connectivity index (χ1v) is 12.2. The predicted molar refractivity (Wildman–Crippen MR) is 125 cm³/mol. The van der Waals surface area contributed by atoms with Crippen LogP contribution in [0, 0.1) is 0 Å². The number of fused-ring (bicyclic) bond motifs is 2. The molecule has 10 heteroatoms. The number of carbonyl (C=O) groups is 2. The van der Waals surface area contributed by atoms with Crippen molar-refractivity contribution in [2.45, 2.75) is 64.4 Å². The lowest BCUT2D eigenvalue weighted by Gasteiger charge is -2.52. The van der Waals surface area contributed by atoms with E-state index in [9.17, 15) is 22.8 Å². The number of aromatic nitrogens is 1. The zero-order chi connectivity index (χ0) is 25.5. The molecule has 0 unspecified atom stereocenters. The smallest absolute Gasteiger partial charge is 0.431 e. The van der Waals surface area contributed by atoms with E-state index in [1.165, 1.54) is 10.6 Å². The predicted octanol–water partition coefficient (Wildman–Crippen LogP) is 5.33. The van der Waals surface area contributed by atoms with Crippen molar-refractivity contribution in [3.8, 4) is 5.75 Å². The Balaban J connectivity index is 1.59. The molecule has 1 saturated heterocycles. The van der Waals surface area contributed by atoms with Crippen LogP contribution in [0.5, 0.6) is 5.75 Å². The highest BCUT2D eigenvalue weighted by Gasteiger charge is 2.50. The molecule has 2 amide bonds. The minimum atomic E-state index is -4.47. The minimum absolute atomic E-state index is 0.0617. The van der Waals surface area contributed by atoms with Gasteiger partial charge in [0.05, 0.1) is 16.7 Å². The van der Waals surface area contributed by atoms with Crippen LogP contribution in [0.25, 0.3) is 0 Å². The van der Waals surface area contributed by atoms with Gasteiger partial charge in [-0.25, -0.2) is 0 Å². The molecule has 0 N–H and O–H groups in total. The van der Waals surface area contributed by atoms with Crippen molar-refractivity contribution in [2.75, 3.05) is 19.6 Å². The Morgan fingerprint density at radius 3 is 2.34 bits per heavy atom. The number of alkyl halides is 3. The van der Waals surface area contributed by atoms with Gasteiger partial charge in [0.2, 0.25) is 5.91 Å². The number of nitrogens with zero attached hydrogens (tertiary/aromatic N) is 3. The number of amides is 2. The second-order valence-corrected chi connectivity index (χ2v) is 9.69. The topological polar surface area (TPSA) is 54.8 Å².